The standard InChI is InChI=1S/C14H24N2O2S/c1-11(2)12(3)10-15-13-6-8-14(9-7-13)19(17,18)16(4)5/h6-9,11-12,15H,10H2,1-5H3. The van der Waals surface area contributed by atoms with Gasteiger partial charge in [0.15, 0.2) is 0 Å². The summed E-state index contributed by atoms with van der Waals surface area (Å²) in [4.78, 5) is 0.319. The topological polar surface area (TPSA) is 49.4 Å². The molecular weight excluding hydrogens is 260 g/mol. The van der Waals surface area contributed by atoms with Crippen LogP contribution in [0.2, 0.25) is 0 Å². The molecule has 0 fully saturated rings. The summed E-state index contributed by atoms with van der Waals surface area (Å²) in [7, 11) is -0.266. The summed E-state index contributed by atoms with van der Waals surface area (Å²) in [6.45, 7) is 7.47. The first-order valence-electron chi connectivity index (χ1n) is 6.51. The van der Waals surface area contributed by atoms with Crippen molar-refractivity contribution in [3.8, 4) is 0 Å². The van der Waals surface area contributed by atoms with E-state index in [1.54, 1.807) is 12.1 Å². The molecule has 4 nitrogen and oxygen atoms in total. The van der Waals surface area contributed by atoms with Crippen LogP contribution in [0, 0.1) is 11.8 Å². The average Bonchev–Trinajstić information content (AvgIpc) is 2.36. The lowest BCUT2D eigenvalue weighted by atomic mass is 9.98. The number of benzene rings is 1. The molecule has 108 valence electrons. The van der Waals surface area contributed by atoms with Crippen LogP contribution in [0.1, 0.15) is 20.8 Å². The number of nitrogens with one attached hydrogen (secondary N) is 1. The van der Waals surface area contributed by atoms with Gasteiger partial charge >= 0.3 is 0 Å². The van der Waals surface area contributed by atoms with E-state index >= 15 is 0 Å². The Morgan fingerprint density at radius 1 is 1.11 bits per heavy atom. The normalized spacial score (nSPS) is 13.8. The number of anilines is 1. The van der Waals surface area contributed by atoms with E-state index in [0.29, 0.717) is 16.7 Å². The van der Waals surface area contributed by atoms with Crippen LogP contribution in [-0.2, 0) is 10.0 Å². The summed E-state index contributed by atoms with van der Waals surface area (Å²) >= 11 is 0. The van der Waals surface area contributed by atoms with Gasteiger partial charge in [0.2, 0.25) is 10.0 Å². The molecule has 0 bridgehead atoms. The Hall–Kier alpha value is -1.07. The molecule has 1 N–H and O–H groups in total. The Morgan fingerprint density at radius 3 is 2.05 bits per heavy atom. The zero-order valence-electron chi connectivity index (χ0n) is 12.3. The highest BCUT2D eigenvalue weighted by Gasteiger charge is 2.16. The molecule has 0 heterocycles. The summed E-state index contributed by atoms with van der Waals surface area (Å²) < 4.78 is 25.0. The van der Waals surface area contributed by atoms with Crippen molar-refractivity contribution in [3.63, 3.8) is 0 Å². The lowest BCUT2D eigenvalue weighted by Gasteiger charge is -2.17. The van der Waals surface area contributed by atoms with Crippen molar-refractivity contribution in [3.05, 3.63) is 24.3 Å². The Bertz CT molecular complexity index is 493. The maximum atomic E-state index is 11.9. The summed E-state index contributed by atoms with van der Waals surface area (Å²) in [5.74, 6) is 1.20. The van der Waals surface area contributed by atoms with E-state index < -0.39 is 10.0 Å². The fourth-order valence-electron chi connectivity index (χ4n) is 1.47. The second-order valence-corrected chi connectivity index (χ2v) is 7.57. The van der Waals surface area contributed by atoms with Crippen LogP contribution < -0.4 is 5.32 Å². The molecule has 1 atom stereocenters. The summed E-state index contributed by atoms with van der Waals surface area (Å²) in [6, 6.07) is 6.89. The van der Waals surface area contributed by atoms with Crippen LogP contribution in [0.15, 0.2) is 29.2 Å². The molecule has 0 aromatic heterocycles. The fourth-order valence-corrected chi connectivity index (χ4v) is 2.37. The molecule has 0 aliphatic carbocycles. The van der Waals surface area contributed by atoms with Crippen LogP contribution in [0.5, 0.6) is 0 Å². The Morgan fingerprint density at radius 2 is 1.63 bits per heavy atom. The molecule has 5 heteroatoms. The molecular formula is C14H24N2O2S. The molecule has 19 heavy (non-hydrogen) atoms. The van der Waals surface area contributed by atoms with Crippen molar-refractivity contribution < 1.29 is 8.42 Å². The van der Waals surface area contributed by atoms with Gasteiger partial charge in [0.05, 0.1) is 4.90 Å². The SMILES string of the molecule is CC(C)C(C)CNc1ccc(S(=O)(=O)N(C)C)cc1. The largest absolute Gasteiger partial charge is 0.385 e. The van der Waals surface area contributed by atoms with E-state index in [1.807, 2.05) is 12.1 Å². The minimum absolute atomic E-state index is 0.319. The van der Waals surface area contributed by atoms with Crippen LogP contribution in [0.25, 0.3) is 0 Å². The van der Waals surface area contributed by atoms with Gasteiger partial charge in [0, 0.05) is 26.3 Å². The third-order valence-corrected chi connectivity index (χ3v) is 5.23. The highest BCUT2D eigenvalue weighted by atomic mass is 32.2. The van der Waals surface area contributed by atoms with Crippen molar-refractivity contribution in [2.75, 3.05) is 26.0 Å². The maximum Gasteiger partial charge on any atom is 0.242 e. The second-order valence-electron chi connectivity index (χ2n) is 5.41. The number of hydrogen-bond donors (Lipinski definition) is 1. The zero-order valence-corrected chi connectivity index (χ0v) is 13.2. The number of sulfonamides is 1. The number of rotatable bonds is 6. The molecule has 1 unspecified atom stereocenters. The predicted octanol–water partition coefficient (Wildman–Crippen LogP) is 2.64. The Balaban J connectivity index is 2.73. The van der Waals surface area contributed by atoms with Crippen LogP contribution in [-0.4, -0.2) is 33.4 Å². The molecule has 0 aliphatic rings. The quantitative estimate of drug-likeness (QED) is 0.873. The molecule has 0 spiro atoms. The van der Waals surface area contributed by atoms with Crippen molar-refractivity contribution in [1.82, 2.24) is 4.31 Å². The molecule has 0 saturated carbocycles. The van der Waals surface area contributed by atoms with Crippen LogP contribution in [0.3, 0.4) is 0 Å². The van der Waals surface area contributed by atoms with E-state index in [2.05, 4.69) is 26.1 Å². The predicted molar refractivity (Wildman–Crippen MR) is 79.8 cm³/mol. The second kappa shape index (κ2) is 6.39. The molecule has 0 amide bonds. The lowest BCUT2D eigenvalue weighted by Crippen LogP contribution is -2.22. The van der Waals surface area contributed by atoms with Gasteiger partial charge in [-0.1, -0.05) is 20.8 Å². The molecule has 0 saturated heterocycles. The molecule has 0 radical (unpaired) electrons. The minimum Gasteiger partial charge on any atom is -0.385 e. The van der Waals surface area contributed by atoms with Crippen molar-refractivity contribution >= 4 is 15.7 Å². The van der Waals surface area contributed by atoms with Crippen LogP contribution >= 0.6 is 0 Å². The lowest BCUT2D eigenvalue weighted by molar-refractivity contribution is 0.440. The zero-order chi connectivity index (χ0) is 14.6. The van der Waals surface area contributed by atoms with Gasteiger partial charge in [-0.05, 0) is 36.1 Å². The maximum absolute atomic E-state index is 11.9. The minimum atomic E-state index is -3.33. The first-order chi connectivity index (χ1) is 8.75. The summed E-state index contributed by atoms with van der Waals surface area (Å²) in [6.07, 6.45) is 0. The van der Waals surface area contributed by atoms with Crippen molar-refractivity contribution in [2.45, 2.75) is 25.7 Å². The highest BCUT2D eigenvalue weighted by molar-refractivity contribution is 7.89. The molecule has 1 rings (SSSR count). The van der Waals surface area contributed by atoms with Gasteiger partial charge in [-0.2, -0.15) is 0 Å². The van der Waals surface area contributed by atoms with Gasteiger partial charge in [-0.3, -0.25) is 0 Å². The average molecular weight is 284 g/mol. The smallest absolute Gasteiger partial charge is 0.242 e. The summed E-state index contributed by atoms with van der Waals surface area (Å²) in [5, 5.41) is 3.33. The van der Waals surface area contributed by atoms with Gasteiger partial charge in [-0.15, -0.1) is 0 Å². The number of nitrogens with zero attached hydrogens (tertiary/aromatic N) is 1. The molecule has 0 aliphatic heterocycles. The van der Waals surface area contributed by atoms with E-state index in [9.17, 15) is 8.42 Å². The number of hydrogen-bond acceptors (Lipinski definition) is 3. The first kappa shape index (κ1) is 16.0. The first-order valence-corrected chi connectivity index (χ1v) is 7.95. The van der Waals surface area contributed by atoms with E-state index in [4.69, 9.17) is 0 Å². The third kappa shape index (κ3) is 4.21. The van der Waals surface area contributed by atoms with Crippen molar-refractivity contribution in [1.29, 1.82) is 0 Å². The van der Waals surface area contributed by atoms with Gasteiger partial charge < -0.3 is 5.32 Å². The van der Waals surface area contributed by atoms with Crippen LogP contribution in [0.4, 0.5) is 5.69 Å². The van der Waals surface area contributed by atoms with Crippen molar-refractivity contribution in [2.24, 2.45) is 11.8 Å². The monoisotopic (exact) mass is 284 g/mol. The molecule has 1 aromatic rings. The Labute approximate surface area is 116 Å². The van der Waals surface area contributed by atoms with Gasteiger partial charge in [0.25, 0.3) is 0 Å². The fraction of sp³-hybridized carbons (Fsp3) is 0.571. The Kier molecular flexibility index (Phi) is 5.38. The van der Waals surface area contributed by atoms with Gasteiger partial charge in [-0.25, -0.2) is 12.7 Å². The van der Waals surface area contributed by atoms with E-state index in [0.717, 1.165) is 12.2 Å². The molecule has 1 aromatic carbocycles. The highest BCUT2D eigenvalue weighted by Crippen LogP contribution is 2.17. The van der Waals surface area contributed by atoms with E-state index in [1.165, 1.54) is 18.4 Å². The van der Waals surface area contributed by atoms with Gasteiger partial charge in [0.1, 0.15) is 0 Å². The summed E-state index contributed by atoms with van der Waals surface area (Å²) in [5.41, 5.74) is 0.949. The van der Waals surface area contributed by atoms with E-state index in [-0.39, 0.29) is 0 Å². The third-order valence-electron chi connectivity index (χ3n) is 3.40.